The van der Waals surface area contributed by atoms with Crippen molar-refractivity contribution in [2.75, 3.05) is 6.54 Å². The molecule has 1 aliphatic rings. The van der Waals surface area contributed by atoms with Crippen molar-refractivity contribution in [1.82, 2.24) is 4.98 Å². The molecule has 2 atom stereocenters. The minimum atomic E-state index is 0.385. The second kappa shape index (κ2) is 2.81. The summed E-state index contributed by atoms with van der Waals surface area (Å²) in [6, 6.07) is 4.20. The van der Waals surface area contributed by atoms with Crippen LogP contribution in [0.15, 0.2) is 24.5 Å². The number of hydrogen-bond acceptors (Lipinski definition) is 2. The fraction of sp³-hybridized carbons (Fsp3) is 0.545. The van der Waals surface area contributed by atoms with Crippen LogP contribution in [0.5, 0.6) is 0 Å². The van der Waals surface area contributed by atoms with Crippen molar-refractivity contribution >= 4 is 0 Å². The molecule has 1 saturated carbocycles. The van der Waals surface area contributed by atoms with E-state index in [0.29, 0.717) is 17.3 Å². The first-order valence-electron chi connectivity index (χ1n) is 4.78. The Balaban J connectivity index is 2.22. The molecule has 1 aliphatic carbocycles. The number of aromatic nitrogens is 1. The predicted molar refractivity (Wildman–Crippen MR) is 53.3 cm³/mol. The average molecular weight is 176 g/mol. The van der Waals surface area contributed by atoms with Gasteiger partial charge in [-0.25, -0.2) is 0 Å². The Labute approximate surface area is 79.2 Å². The molecule has 0 aliphatic heterocycles. The largest absolute Gasteiger partial charge is 0.330 e. The molecule has 0 radical (unpaired) electrons. The van der Waals surface area contributed by atoms with Gasteiger partial charge in [0.15, 0.2) is 0 Å². The number of nitrogens with zero attached hydrogens (tertiary/aromatic N) is 1. The third-order valence-electron chi connectivity index (χ3n) is 3.37. The van der Waals surface area contributed by atoms with Crippen LogP contribution in [0.3, 0.4) is 0 Å². The van der Waals surface area contributed by atoms with Gasteiger partial charge in [-0.05, 0) is 41.5 Å². The van der Waals surface area contributed by atoms with E-state index in [1.54, 1.807) is 0 Å². The zero-order chi connectivity index (χ0) is 9.47. The molecule has 0 unspecified atom stereocenters. The fourth-order valence-corrected chi connectivity index (χ4v) is 2.42. The van der Waals surface area contributed by atoms with Gasteiger partial charge in [0.05, 0.1) is 0 Å². The van der Waals surface area contributed by atoms with Gasteiger partial charge in [-0.1, -0.05) is 13.8 Å². The van der Waals surface area contributed by atoms with Gasteiger partial charge in [0.2, 0.25) is 0 Å². The number of rotatable bonds is 2. The third kappa shape index (κ3) is 1.25. The van der Waals surface area contributed by atoms with Crippen LogP contribution in [-0.4, -0.2) is 11.5 Å². The lowest BCUT2D eigenvalue weighted by atomic mass is 10.0. The first-order valence-corrected chi connectivity index (χ1v) is 4.78. The molecule has 2 nitrogen and oxygen atoms in total. The van der Waals surface area contributed by atoms with Crippen LogP contribution < -0.4 is 5.73 Å². The van der Waals surface area contributed by atoms with E-state index in [4.69, 9.17) is 5.73 Å². The van der Waals surface area contributed by atoms with Gasteiger partial charge in [-0.15, -0.1) is 0 Å². The first kappa shape index (κ1) is 8.70. The standard InChI is InChI=1S/C11H16N2/c1-11(2)9(7-12)10(11)8-3-5-13-6-4-8/h3-6,9-10H,7,12H2,1-2H3/t9-,10-/m0/s1. The maximum absolute atomic E-state index is 5.72. The van der Waals surface area contributed by atoms with Gasteiger partial charge in [-0.3, -0.25) is 4.98 Å². The lowest BCUT2D eigenvalue weighted by molar-refractivity contribution is 0.558. The Morgan fingerprint density at radius 3 is 2.46 bits per heavy atom. The molecule has 70 valence electrons. The summed E-state index contributed by atoms with van der Waals surface area (Å²) in [7, 11) is 0. The molecule has 0 spiro atoms. The van der Waals surface area contributed by atoms with Gasteiger partial charge < -0.3 is 5.73 Å². The van der Waals surface area contributed by atoms with Crippen molar-refractivity contribution in [2.24, 2.45) is 17.1 Å². The van der Waals surface area contributed by atoms with Crippen molar-refractivity contribution in [3.8, 4) is 0 Å². The van der Waals surface area contributed by atoms with Crippen molar-refractivity contribution in [3.05, 3.63) is 30.1 Å². The Hall–Kier alpha value is -0.890. The van der Waals surface area contributed by atoms with Crippen molar-refractivity contribution in [3.63, 3.8) is 0 Å². The van der Waals surface area contributed by atoms with E-state index in [0.717, 1.165) is 6.54 Å². The quantitative estimate of drug-likeness (QED) is 0.746. The maximum Gasteiger partial charge on any atom is 0.0270 e. The topological polar surface area (TPSA) is 38.9 Å². The Kier molecular flexibility index (Phi) is 1.88. The molecule has 2 rings (SSSR count). The molecule has 0 aromatic carbocycles. The monoisotopic (exact) mass is 176 g/mol. The fourth-order valence-electron chi connectivity index (χ4n) is 2.42. The van der Waals surface area contributed by atoms with E-state index in [1.807, 2.05) is 12.4 Å². The first-order chi connectivity index (χ1) is 6.18. The molecule has 1 aromatic rings. The van der Waals surface area contributed by atoms with Gasteiger partial charge in [0.1, 0.15) is 0 Å². The molecule has 0 amide bonds. The van der Waals surface area contributed by atoms with Crippen LogP contribution in [0.4, 0.5) is 0 Å². The summed E-state index contributed by atoms with van der Waals surface area (Å²) in [5.41, 5.74) is 7.49. The van der Waals surface area contributed by atoms with Crippen LogP contribution in [0.1, 0.15) is 25.3 Å². The molecule has 13 heavy (non-hydrogen) atoms. The highest BCUT2D eigenvalue weighted by atomic mass is 14.7. The summed E-state index contributed by atoms with van der Waals surface area (Å²) in [6.07, 6.45) is 3.72. The lowest BCUT2D eigenvalue weighted by Crippen LogP contribution is -2.05. The lowest BCUT2D eigenvalue weighted by Gasteiger charge is -2.01. The molecule has 1 aromatic heterocycles. The van der Waals surface area contributed by atoms with Gasteiger partial charge in [0, 0.05) is 12.4 Å². The smallest absolute Gasteiger partial charge is 0.0270 e. The van der Waals surface area contributed by atoms with Gasteiger partial charge >= 0.3 is 0 Å². The second-order valence-electron chi connectivity index (χ2n) is 4.42. The number of hydrogen-bond donors (Lipinski definition) is 1. The summed E-state index contributed by atoms with van der Waals surface area (Å²) in [6.45, 7) is 5.37. The summed E-state index contributed by atoms with van der Waals surface area (Å²) in [4.78, 5) is 4.02. The molecule has 0 saturated heterocycles. The van der Waals surface area contributed by atoms with E-state index in [-0.39, 0.29) is 0 Å². The minimum Gasteiger partial charge on any atom is -0.330 e. The highest BCUT2D eigenvalue weighted by Crippen LogP contribution is 2.63. The molecule has 2 heteroatoms. The van der Waals surface area contributed by atoms with Crippen LogP contribution in [-0.2, 0) is 0 Å². The zero-order valence-electron chi connectivity index (χ0n) is 8.20. The Morgan fingerprint density at radius 1 is 1.38 bits per heavy atom. The van der Waals surface area contributed by atoms with Gasteiger partial charge in [-0.2, -0.15) is 0 Å². The van der Waals surface area contributed by atoms with Crippen LogP contribution in [0, 0.1) is 11.3 Å². The Morgan fingerprint density at radius 2 is 2.00 bits per heavy atom. The van der Waals surface area contributed by atoms with Crippen LogP contribution in [0.2, 0.25) is 0 Å². The van der Waals surface area contributed by atoms with E-state index in [1.165, 1.54) is 5.56 Å². The van der Waals surface area contributed by atoms with E-state index in [9.17, 15) is 0 Å². The summed E-state index contributed by atoms with van der Waals surface area (Å²) in [5.74, 6) is 1.29. The van der Waals surface area contributed by atoms with Crippen molar-refractivity contribution in [2.45, 2.75) is 19.8 Å². The van der Waals surface area contributed by atoms with E-state index >= 15 is 0 Å². The molecule has 1 heterocycles. The van der Waals surface area contributed by atoms with Crippen molar-refractivity contribution in [1.29, 1.82) is 0 Å². The van der Waals surface area contributed by atoms with Crippen LogP contribution in [0.25, 0.3) is 0 Å². The number of pyridine rings is 1. The normalized spacial score (nSPS) is 30.1. The third-order valence-corrected chi connectivity index (χ3v) is 3.37. The molecular formula is C11H16N2. The maximum atomic E-state index is 5.72. The minimum absolute atomic E-state index is 0.385. The average Bonchev–Trinajstić information content (AvgIpc) is 2.69. The molecule has 2 N–H and O–H groups in total. The van der Waals surface area contributed by atoms with E-state index < -0.39 is 0 Å². The van der Waals surface area contributed by atoms with E-state index in [2.05, 4.69) is 31.0 Å². The molecular weight excluding hydrogens is 160 g/mol. The van der Waals surface area contributed by atoms with Crippen LogP contribution >= 0.6 is 0 Å². The van der Waals surface area contributed by atoms with Crippen molar-refractivity contribution < 1.29 is 0 Å². The zero-order valence-corrected chi connectivity index (χ0v) is 8.20. The summed E-state index contributed by atoms with van der Waals surface area (Å²) >= 11 is 0. The summed E-state index contributed by atoms with van der Waals surface area (Å²) < 4.78 is 0. The molecule has 1 fully saturated rings. The predicted octanol–water partition coefficient (Wildman–Crippen LogP) is 1.78. The second-order valence-corrected chi connectivity index (χ2v) is 4.42. The Bertz CT molecular complexity index is 292. The highest BCUT2D eigenvalue weighted by Gasteiger charge is 2.56. The summed E-state index contributed by atoms with van der Waals surface area (Å²) in [5, 5.41) is 0. The molecule has 0 bridgehead atoms. The SMILES string of the molecule is CC1(C)[C@@H](CN)[C@@H]1c1ccncc1. The highest BCUT2D eigenvalue weighted by molar-refractivity contribution is 5.29. The van der Waals surface area contributed by atoms with Gasteiger partial charge in [0.25, 0.3) is 0 Å². The number of nitrogens with two attached hydrogens (primary N) is 1.